The van der Waals surface area contributed by atoms with Gasteiger partial charge in [0.05, 0.1) is 0 Å². The third-order valence-electron chi connectivity index (χ3n) is 2.49. The molecule has 2 heteroatoms. The summed E-state index contributed by atoms with van der Waals surface area (Å²) in [5.41, 5.74) is 0.509. The maximum atomic E-state index is 11.6. The first-order valence-electron chi connectivity index (χ1n) is 5.08. The van der Waals surface area contributed by atoms with Crippen LogP contribution in [-0.4, -0.2) is 5.11 Å². The first-order valence-corrected chi connectivity index (χ1v) is 5.08. The van der Waals surface area contributed by atoms with E-state index in [1.54, 1.807) is 18.2 Å². The van der Waals surface area contributed by atoms with Gasteiger partial charge < -0.3 is 5.11 Å². The Morgan fingerprint density at radius 3 is 2.75 bits per heavy atom. The van der Waals surface area contributed by atoms with E-state index in [9.17, 15) is 9.90 Å². The number of benzene rings is 1. The average molecular weight is 212 g/mol. The number of hydrogen-bond acceptors (Lipinski definition) is 2. The lowest BCUT2D eigenvalue weighted by molar-refractivity contribution is 0.477. The van der Waals surface area contributed by atoms with Crippen LogP contribution in [0.15, 0.2) is 53.8 Å². The summed E-state index contributed by atoms with van der Waals surface area (Å²) in [5, 5.41) is 11.2. The van der Waals surface area contributed by atoms with E-state index < -0.39 is 0 Å². The summed E-state index contributed by atoms with van der Waals surface area (Å²) in [6, 6.07) is 10.7. The molecule has 0 radical (unpaired) electrons. The van der Waals surface area contributed by atoms with E-state index in [1.165, 1.54) is 6.07 Å². The van der Waals surface area contributed by atoms with Gasteiger partial charge in [0.2, 0.25) is 5.43 Å². The van der Waals surface area contributed by atoms with Gasteiger partial charge in [-0.3, -0.25) is 4.79 Å². The quantitative estimate of drug-likeness (QED) is 0.777. The third kappa shape index (κ3) is 1.82. The summed E-state index contributed by atoms with van der Waals surface area (Å²) in [6.45, 7) is 3.64. The largest absolute Gasteiger partial charge is 0.504 e. The van der Waals surface area contributed by atoms with E-state index in [2.05, 4.69) is 6.58 Å². The van der Waals surface area contributed by atoms with Gasteiger partial charge in [0, 0.05) is 5.39 Å². The van der Waals surface area contributed by atoms with Crippen LogP contribution in [0.1, 0.15) is 5.56 Å². The van der Waals surface area contributed by atoms with Crippen molar-refractivity contribution in [1.82, 2.24) is 0 Å². The molecule has 0 saturated carbocycles. The molecule has 80 valence electrons. The molecule has 16 heavy (non-hydrogen) atoms. The smallest absolute Gasteiger partial charge is 0.221 e. The van der Waals surface area contributed by atoms with Crippen LogP contribution in [0.4, 0.5) is 0 Å². The van der Waals surface area contributed by atoms with Gasteiger partial charge in [-0.15, -0.1) is 6.58 Å². The van der Waals surface area contributed by atoms with Crippen LogP contribution in [0.3, 0.4) is 0 Å². The van der Waals surface area contributed by atoms with Gasteiger partial charge >= 0.3 is 0 Å². The number of allylic oxidation sites excluding steroid dienone is 1. The van der Waals surface area contributed by atoms with Crippen LogP contribution in [0, 0.1) is 0 Å². The third-order valence-corrected chi connectivity index (χ3v) is 2.49. The molecule has 0 saturated heterocycles. The molecule has 0 spiro atoms. The van der Waals surface area contributed by atoms with Crippen LogP contribution < -0.4 is 5.43 Å². The molecule has 0 fully saturated rings. The molecular weight excluding hydrogens is 200 g/mol. The Labute approximate surface area is 93.5 Å². The first-order chi connectivity index (χ1) is 7.72. The molecule has 2 aromatic rings. The molecule has 0 aliphatic carbocycles. The minimum Gasteiger partial charge on any atom is -0.504 e. The highest BCUT2D eigenvalue weighted by atomic mass is 16.3. The standard InChI is InChI=1S/C14H12O2/c1-2-5-10-8-11-6-3-4-7-12(11)14(16)13(15)9-10/h2-4,6-9H,1,5H2,(H,15,16). The highest BCUT2D eigenvalue weighted by molar-refractivity contribution is 5.87. The molecule has 2 nitrogen and oxygen atoms in total. The molecule has 0 aliphatic rings. The minimum atomic E-state index is -0.349. The van der Waals surface area contributed by atoms with Crippen molar-refractivity contribution in [3.8, 4) is 5.75 Å². The van der Waals surface area contributed by atoms with Crippen molar-refractivity contribution in [2.45, 2.75) is 6.42 Å². The Balaban J connectivity index is 2.88. The van der Waals surface area contributed by atoms with Crippen molar-refractivity contribution in [2.75, 3.05) is 0 Å². The monoisotopic (exact) mass is 212 g/mol. The Bertz CT molecular complexity index is 600. The van der Waals surface area contributed by atoms with E-state index in [-0.39, 0.29) is 11.2 Å². The van der Waals surface area contributed by atoms with E-state index in [0.29, 0.717) is 11.8 Å². The summed E-state index contributed by atoms with van der Waals surface area (Å²) in [5.74, 6) is -0.189. The zero-order valence-corrected chi connectivity index (χ0v) is 8.81. The predicted molar refractivity (Wildman–Crippen MR) is 65.8 cm³/mol. The van der Waals surface area contributed by atoms with Crippen LogP contribution in [0.25, 0.3) is 10.8 Å². The average Bonchev–Trinajstić information content (AvgIpc) is 2.39. The van der Waals surface area contributed by atoms with Crippen LogP contribution in [-0.2, 0) is 6.42 Å². The van der Waals surface area contributed by atoms with Crippen molar-refractivity contribution in [3.63, 3.8) is 0 Å². The van der Waals surface area contributed by atoms with Crippen molar-refractivity contribution in [2.24, 2.45) is 0 Å². The van der Waals surface area contributed by atoms with Gasteiger partial charge in [0.25, 0.3) is 0 Å². The van der Waals surface area contributed by atoms with Crippen molar-refractivity contribution in [3.05, 3.63) is 64.8 Å². The van der Waals surface area contributed by atoms with E-state index in [0.717, 1.165) is 10.9 Å². The SMILES string of the molecule is C=CCc1cc(=O)c(O)c2ccccc2c1. The topological polar surface area (TPSA) is 37.3 Å². The number of fused-ring (bicyclic) bond motifs is 1. The lowest BCUT2D eigenvalue weighted by atomic mass is 10.1. The number of aromatic hydroxyl groups is 1. The maximum absolute atomic E-state index is 11.6. The second-order valence-corrected chi connectivity index (χ2v) is 3.66. The molecule has 0 amide bonds. The van der Waals surface area contributed by atoms with E-state index in [4.69, 9.17) is 0 Å². The molecule has 0 unspecified atom stereocenters. The van der Waals surface area contributed by atoms with Crippen molar-refractivity contribution >= 4 is 10.8 Å². The Morgan fingerprint density at radius 2 is 2.00 bits per heavy atom. The lowest BCUT2D eigenvalue weighted by Crippen LogP contribution is -1.95. The molecule has 0 atom stereocenters. The second kappa shape index (κ2) is 4.19. The second-order valence-electron chi connectivity index (χ2n) is 3.66. The molecule has 0 bridgehead atoms. The summed E-state index contributed by atoms with van der Waals surface area (Å²) in [7, 11) is 0. The van der Waals surface area contributed by atoms with Gasteiger partial charge in [-0.25, -0.2) is 0 Å². The molecule has 0 heterocycles. The maximum Gasteiger partial charge on any atom is 0.221 e. The molecule has 1 N–H and O–H groups in total. The first kappa shape index (κ1) is 10.4. The van der Waals surface area contributed by atoms with Gasteiger partial charge in [-0.05, 0) is 23.4 Å². The fourth-order valence-corrected chi connectivity index (χ4v) is 1.73. The summed E-state index contributed by atoms with van der Waals surface area (Å²) >= 11 is 0. The molecular formula is C14H12O2. The van der Waals surface area contributed by atoms with Crippen LogP contribution >= 0.6 is 0 Å². The van der Waals surface area contributed by atoms with Gasteiger partial charge in [0.15, 0.2) is 5.75 Å². The van der Waals surface area contributed by atoms with Crippen molar-refractivity contribution in [1.29, 1.82) is 0 Å². The van der Waals surface area contributed by atoms with Crippen LogP contribution in [0.2, 0.25) is 0 Å². The molecule has 2 rings (SSSR count). The lowest BCUT2D eigenvalue weighted by Gasteiger charge is -1.93. The predicted octanol–water partition coefficient (Wildman–Crippen LogP) is 2.63. The minimum absolute atomic E-state index is 0.189. The van der Waals surface area contributed by atoms with Crippen LogP contribution in [0.5, 0.6) is 5.75 Å². The van der Waals surface area contributed by atoms with E-state index >= 15 is 0 Å². The highest BCUT2D eigenvalue weighted by Gasteiger charge is 2.03. The molecule has 0 aromatic heterocycles. The van der Waals surface area contributed by atoms with Gasteiger partial charge in [0.1, 0.15) is 0 Å². The highest BCUT2D eigenvalue weighted by Crippen LogP contribution is 2.20. The zero-order valence-electron chi connectivity index (χ0n) is 8.81. The van der Waals surface area contributed by atoms with E-state index in [1.807, 2.05) is 18.2 Å². The number of hydrogen-bond donors (Lipinski definition) is 1. The molecule has 2 aromatic carbocycles. The Kier molecular flexibility index (Phi) is 2.73. The Morgan fingerprint density at radius 1 is 1.25 bits per heavy atom. The summed E-state index contributed by atoms with van der Waals surface area (Å²) in [6.07, 6.45) is 2.36. The molecule has 0 aliphatic heterocycles. The summed E-state index contributed by atoms with van der Waals surface area (Å²) in [4.78, 5) is 11.6. The normalized spacial score (nSPS) is 10.2. The fourth-order valence-electron chi connectivity index (χ4n) is 1.73. The fraction of sp³-hybridized carbons (Fsp3) is 0.0714. The number of rotatable bonds is 2. The Hall–Kier alpha value is -2.09. The van der Waals surface area contributed by atoms with Gasteiger partial charge in [-0.1, -0.05) is 36.4 Å². The summed E-state index contributed by atoms with van der Waals surface area (Å²) < 4.78 is 0. The van der Waals surface area contributed by atoms with Gasteiger partial charge in [-0.2, -0.15) is 0 Å². The van der Waals surface area contributed by atoms with Crippen molar-refractivity contribution < 1.29 is 5.11 Å². The zero-order chi connectivity index (χ0) is 11.5.